The van der Waals surface area contributed by atoms with Crippen molar-refractivity contribution >= 4 is 11.6 Å². The monoisotopic (exact) mass is 255 g/mol. The van der Waals surface area contributed by atoms with Crippen LogP contribution in [-0.2, 0) is 11.2 Å². The van der Waals surface area contributed by atoms with Gasteiger partial charge >= 0.3 is 0 Å². The van der Waals surface area contributed by atoms with E-state index in [9.17, 15) is 0 Å². The molecule has 1 aromatic rings. The van der Waals surface area contributed by atoms with Gasteiger partial charge in [0.05, 0.1) is 5.60 Å². The predicted molar refractivity (Wildman–Crippen MR) is 73.7 cm³/mol. The van der Waals surface area contributed by atoms with Crippen LogP contribution in [0.3, 0.4) is 0 Å². The van der Waals surface area contributed by atoms with Gasteiger partial charge in [-0.1, -0.05) is 30.7 Å². The molecule has 0 bridgehead atoms. The van der Waals surface area contributed by atoms with Gasteiger partial charge in [-0.2, -0.15) is 0 Å². The summed E-state index contributed by atoms with van der Waals surface area (Å²) >= 11 is 5.89. The Morgan fingerprint density at radius 2 is 1.94 bits per heavy atom. The molecule has 96 valence electrons. The number of nitrogens with one attached hydrogen (secondary N) is 1. The molecule has 17 heavy (non-hydrogen) atoms. The summed E-state index contributed by atoms with van der Waals surface area (Å²) in [6.07, 6.45) is 1.91. The fraction of sp³-hybridized carbons (Fsp3) is 0.571. The molecule has 0 aliphatic rings. The molecular formula is C14H22ClNO. The minimum absolute atomic E-state index is 0.144. The number of halogens is 1. The van der Waals surface area contributed by atoms with E-state index in [4.69, 9.17) is 16.3 Å². The van der Waals surface area contributed by atoms with Gasteiger partial charge in [0.15, 0.2) is 0 Å². The number of benzene rings is 1. The van der Waals surface area contributed by atoms with E-state index in [1.165, 1.54) is 5.56 Å². The Morgan fingerprint density at radius 1 is 1.35 bits per heavy atom. The van der Waals surface area contributed by atoms with Crippen LogP contribution in [0, 0.1) is 0 Å². The third-order valence-electron chi connectivity index (χ3n) is 3.61. The van der Waals surface area contributed by atoms with Crippen LogP contribution in [0.1, 0.15) is 25.8 Å². The Labute approximate surface area is 109 Å². The largest absolute Gasteiger partial charge is 0.377 e. The second-order valence-electron chi connectivity index (χ2n) is 4.54. The van der Waals surface area contributed by atoms with Gasteiger partial charge < -0.3 is 10.1 Å². The maximum absolute atomic E-state index is 5.89. The zero-order chi connectivity index (χ0) is 12.9. The Morgan fingerprint density at radius 3 is 2.35 bits per heavy atom. The molecule has 0 radical (unpaired) electrons. The summed E-state index contributed by atoms with van der Waals surface area (Å²) < 4.78 is 5.65. The summed E-state index contributed by atoms with van der Waals surface area (Å²) in [6.45, 7) is 4.29. The lowest BCUT2D eigenvalue weighted by molar-refractivity contribution is -0.0268. The Hall–Kier alpha value is -0.570. The predicted octanol–water partition coefficient (Wildman–Crippen LogP) is 3.29. The molecule has 2 atom stereocenters. The third kappa shape index (κ3) is 3.70. The normalized spacial score (nSPS) is 16.5. The molecule has 0 aliphatic heterocycles. The van der Waals surface area contributed by atoms with Crippen molar-refractivity contribution < 1.29 is 4.74 Å². The maximum Gasteiger partial charge on any atom is 0.0803 e. The smallest absolute Gasteiger partial charge is 0.0803 e. The Balaban J connectivity index is 2.79. The average Bonchev–Trinajstić information content (AvgIpc) is 2.37. The fourth-order valence-electron chi connectivity index (χ4n) is 2.01. The zero-order valence-corrected chi connectivity index (χ0v) is 11.8. The molecular weight excluding hydrogens is 234 g/mol. The first kappa shape index (κ1) is 14.5. The van der Waals surface area contributed by atoms with Gasteiger partial charge in [0.1, 0.15) is 0 Å². The molecule has 0 fully saturated rings. The molecule has 0 amide bonds. The van der Waals surface area contributed by atoms with Crippen LogP contribution in [0.2, 0.25) is 5.02 Å². The lowest BCUT2D eigenvalue weighted by atomic mass is 9.88. The second-order valence-corrected chi connectivity index (χ2v) is 4.98. The van der Waals surface area contributed by atoms with Gasteiger partial charge in [0.2, 0.25) is 0 Å². The number of likely N-dealkylation sites (N-methyl/N-ethyl adjacent to an activating group) is 1. The van der Waals surface area contributed by atoms with Crippen LogP contribution >= 0.6 is 11.6 Å². The molecule has 2 unspecified atom stereocenters. The molecule has 0 heterocycles. The Kier molecular flexibility index (Phi) is 5.44. The molecule has 0 spiro atoms. The number of methoxy groups -OCH3 is 1. The molecule has 1 aromatic carbocycles. The van der Waals surface area contributed by atoms with Crippen LogP contribution in [-0.4, -0.2) is 25.8 Å². The van der Waals surface area contributed by atoms with E-state index in [1.54, 1.807) is 7.11 Å². The zero-order valence-electron chi connectivity index (χ0n) is 11.1. The van der Waals surface area contributed by atoms with Crippen LogP contribution in [0.4, 0.5) is 0 Å². The van der Waals surface area contributed by atoms with Gasteiger partial charge in [-0.05, 0) is 44.5 Å². The molecule has 0 aromatic heterocycles. The van der Waals surface area contributed by atoms with Gasteiger partial charge in [0.25, 0.3) is 0 Å². The van der Waals surface area contributed by atoms with Crippen molar-refractivity contribution in [3.05, 3.63) is 34.9 Å². The highest BCUT2D eigenvalue weighted by atomic mass is 35.5. The van der Waals surface area contributed by atoms with Gasteiger partial charge in [0, 0.05) is 18.2 Å². The average molecular weight is 256 g/mol. The van der Waals surface area contributed by atoms with Crippen molar-refractivity contribution in [2.75, 3.05) is 14.2 Å². The highest BCUT2D eigenvalue weighted by molar-refractivity contribution is 6.30. The van der Waals surface area contributed by atoms with Crippen LogP contribution in [0.5, 0.6) is 0 Å². The first-order chi connectivity index (χ1) is 8.05. The third-order valence-corrected chi connectivity index (χ3v) is 3.86. The summed E-state index contributed by atoms with van der Waals surface area (Å²) in [5, 5.41) is 4.13. The maximum atomic E-state index is 5.89. The summed E-state index contributed by atoms with van der Waals surface area (Å²) in [6, 6.07) is 8.29. The summed E-state index contributed by atoms with van der Waals surface area (Å²) in [5.41, 5.74) is 1.12. The topological polar surface area (TPSA) is 21.3 Å². The molecule has 0 saturated heterocycles. The SMILES string of the molecule is CCC(C)(OC)C(Cc1ccc(Cl)cc1)NC. The number of hydrogen-bond acceptors (Lipinski definition) is 2. The molecule has 2 nitrogen and oxygen atoms in total. The van der Waals surface area contributed by atoms with Gasteiger partial charge in [-0.3, -0.25) is 0 Å². The van der Waals surface area contributed by atoms with Crippen LogP contribution in [0.25, 0.3) is 0 Å². The molecule has 0 aliphatic carbocycles. The number of ether oxygens (including phenoxy) is 1. The van der Waals surface area contributed by atoms with E-state index in [2.05, 4.69) is 31.3 Å². The van der Waals surface area contributed by atoms with E-state index < -0.39 is 0 Å². The first-order valence-corrected chi connectivity index (χ1v) is 6.40. The minimum atomic E-state index is -0.144. The molecule has 1 rings (SSSR count). The first-order valence-electron chi connectivity index (χ1n) is 6.02. The van der Waals surface area contributed by atoms with Gasteiger partial charge in [-0.15, -0.1) is 0 Å². The lowest BCUT2D eigenvalue weighted by Gasteiger charge is -2.35. The minimum Gasteiger partial charge on any atom is -0.377 e. The summed E-state index contributed by atoms with van der Waals surface area (Å²) in [7, 11) is 3.75. The van der Waals surface area contributed by atoms with Crippen molar-refractivity contribution in [2.45, 2.75) is 38.3 Å². The van der Waals surface area contributed by atoms with Crippen molar-refractivity contribution in [3.63, 3.8) is 0 Å². The highest BCUT2D eigenvalue weighted by Crippen LogP contribution is 2.22. The van der Waals surface area contributed by atoms with Crippen molar-refractivity contribution in [1.29, 1.82) is 0 Å². The summed E-state index contributed by atoms with van der Waals surface area (Å²) in [5.74, 6) is 0. The fourth-order valence-corrected chi connectivity index (χ4v) is 2.14. The standard InChI is InChI=1S/C14H22ClNO/c1-5-14(2,17-4)13(16-3)10-11-6-8-12(15)9-7-11/h6-9,13,16H,5,10H2,1-4H3. The molecule has 3 heteroatoms. The van der Waals surface area contributed by atoms with E-state index in [0.717, 1.165) is 17.9 Å². The Bertz CT molecular complexity index is 333. The van der Waals surface area contributed by atoms with E-state index in [1.807, 2.05) is 19.2 Å². The van der Waals surface area contributed by atoms with Crippen molar-refractivity contribution in [2.24, 2.45) is 0 Å². The van der Waals surface area contributed by atoms with Crippen molar-refractivity contribution in [3.8, 4) is 0 Å². The quantitative estimate of drug-likeness (QED) is 0.842. The van der Waals surface area contributed by atoms with Gasteiger partial charge in [-0.25, -0.2) is 0 Å². The summed E-state index contributed by atoms with van der Waals surface area (Å²) in [4.78, 5) is 0. The lowest BCUT2D eigenvalue weighted by Crippen LogP contribution is -2.49. The van der Waals surface area contributed by atoms with Crippen LogP contribution in [0.15, 0.2) is 24.3 Å². The molecule has 0 saturated carbocycles. The molecule has 1 N–H and O–H groups in total. The highest BCUT2D eigenvalue weighted by Gasteiger charge is 2.31. The van der Waals surface area contributed by atoms with E-state index in [0.29, 0.717) is 6.04 Å². The number of hydrogen-bond donors (Lipinski definition) is 1. The van der Waals surface area contributed by atoms with E-state index in [-0.39, 0.29) is 5.60 Å². The van der Waals surface area contributed by atoms with Crippen molar-refractivity contribution in [1.82, 2.24) is 5.32 Å². The van der Waals surface area contributed by atoms with E-state index >= 15 is 0 Å². The second kappa shape index (κ2) is 6.39. The number of rotatable bonds is 6. The van der Waals surface area contributed by atoms with Crippen LogP contribution < -0.4 is 5.32 Å².